The van der Waals surface area contributed by atoms with Gasteiger partial charge in [-0.1, -0.05) is 16.8 Å². The SMILES string of the molecule is [B]C1([B])COC2(CCNCC2)c2sc(Cl)cc21. The van der Waals surface area contributed by atoms with Crippen LogP contribution in [0.1, 0.15) is 23.3 Å². The number of hydrogen-bond donors (Lipinski definition) is 1. The topological polar surface area (TPSA) is 21.3 Å². The lowest BCUT2D eigenvalue weighted by Crippen LogP contribution is -2.50. The molecule has 1 fully saturated rings. The summed E-state index contributed by atoms with van der Waals surface area (Å²) < 4.78 is 6.76. The Balaban J connectivity index is 2.10. The number of ether oxygens (including phenoxy) is 1. The van der Waals surface area contributed by atoms with Crippen molar-refractivity contribution >= 4 is 38.6 Å². The number of piperidine rings is 1. The van der Waals surface area contributed by atoms with Crippen LogP contribution in [0.5, 0.6) is 0 Å². The van der Waals surface area contributed by atoms with E-state index >= 15 is 0 Å². The molecule has 0 unspecified atom stereocenters. The molecule has 0 amide bonds. The van der Waals surface area contributed by atoms with Gasteiger partial charge in [0.2, 0.25) is 0 Å². The second-order valence-corrected chi connectivity index (χ2v) is 6.55. The van der Waals surface area contributed by atoms with Gasteiger partial charge in [-0.2, -0.15) is 0 Å². The molecule has 3 rings (SSSR count). The van der Waals surface area contributed by atoms with Crippen LogP contribution in [0.2, 0.25) is 4.34 Å². The van der Waals surface area contributed by atoms with Crippen LogP contribution in [-0.2, 0) is 15.6 Å². The van der Waals surface area contributed by atoms with Crippen LogP contribution in [0.4, 0.5) is 0 Å². The van der Waals surface area contributed by atoms with Gasteiger partial charge in [0.15, 0.2) is 0 Å². The minimum Gasteiger partial charge on any atom is -0.370 e. The molecular formula is C11H12B2ClNOS. The maximum Gasteiger partial charge on any atom is 0.105 e. The molecule has 1 aromatic rings. The van der Waals surface area contributed by atoms with E-state index in [2.05, 4.69) is 5.32 Å². The van der Waals surface area contributed by atoms with Crippen LogP contribution in [0.3, 0.4) is 0 Å². The molecule has 0 atom stereocenters. The summed E-state index contributed by atoms with van der Waals surface area (Å²) in [6, 6.07) is 1.90. The van der Waals surface area contributed by atoms with Gasteiger partial charge in [-0.25, -0.2) is 0 Å². The van der Waals surface area contributed by atoms with Gasteiger partial charge in [0, 0.05) is 11.5 Å². The summed E-state index contributed by atoms with van der Waals surface area (Å²) in [5.74, 6) is 0. The van der Waals surface area contributed by atoms with Crippen molar-refractivity contribution in [2.45, 2.75) is 23.7 Å². The van der Waals surface area contributed by atoms with Crippen LogP contribution in [-0.4, -0.2) is 35.4 Å². The van der Waals surface area contributed by atoms with E-state index in [1.165, 1.54) is 0 Å². The van der Waals surface area contributed by atoms with Gasteiger partial charge in [-0.15, -0.1) is 11.3 Å². The molecule has 2 aliphatic heterocycles. The highest BCUT2D eigenvalue weighted by Gasteiger charge is 2.45. The molecule has 0 bridgehead atoms. The normalized spacial score (nSPS) is 25.7. The number of halogens is 1. The van der Waals surface area contributed by atoms with Crippen molar-refractivity contribution in [1.82, 2.24) is 5.32 Å². The van der Waals surface area contributed by atoms with Crippen molar-refractivity contribution in [3.63, 3.8) is 0 Å². The zero-order chi connectivity index (χ0) is 12.1. The first-order valence-electron chi connectivity index (χ1n) is 5.76. The summed E-state index contributed by atoms with van der Waals surface area (Å²) in [4.78, 5) is 1.13. The number of thiophene rings is 1. The van der Waals surface area contributed by atoms with Gasteiger partial charge in [0.1, 0.15) is 5.60 Å². The molecule has 2 nitrogen and oxygen atoms in total. The Morgan fingerprint density at radius 1 is 1.35 bits per heavy atom. The Kier molecular flexibility index (Phi) is 2.86. The molecule has 0 saturated carbocycles. The van der Waals surface area contributed by atoms with Crippen molar-refractivity contribution in [2.24, 2.45) is 0 Å². The molecule has 3 heterocycles. The Bertz CT molecular complexity index is 443. The number of hydrogen-bond acceptors (Lipinski definition) is 3. The van der Waals surface area contributed by atoms with Crippen molar-refractivity contribution in [1.29, 1.82) is 0 Å². The molecule has 86 valence electrons. The fourth-order valence-electron chi connectivity index (χ4n) is 2.65. The van der Waals surface area contributed by atoms with E-state index in [-0.39, 0.29) is 5.60 Å². The van der Waals surface area contributed by atoms with E-state index in [4.69, 9.17) is 32.0 Å². The molecule has 0 aromatic carbocycles. The summed E-state index contributed by atoms with van der Waals surface area (Å²) in [6.07, 6.45) is 1.90. The summed E-state index contributed by atoms with van der Waals surface area (Å²) in [6.45, 7) is 2.27. The fourth-order valence-corrected chi connectivity index (χ4v) is 4.17. The molecule has 2 aliphatic rings. The molecule has 6 heteroatoms. The molecule has 17 heavy (non-hydrogen) atoms. The van der Waals surface area contributed by atoms with E-state index in [0.29, 0.717) is 6.61 Å². The van der Waals surface area contributed by atoms with Gasteiger partial charge in [-0.05, 0) is 37.6 Å². The fraction of sp³-hybridized carbons (Fsp3) is 0.636. The molecule has 4 radical (unpaired) electrons. The summed E-state index contributed by atoms with van der Waals surface area (Å²) in [7, 11) is 12.2. The molecule has 1 spiro atoms. The van der Waals surface area contributed by atoms with Gasteiger partial charge < -0.3 is 10.1 Å². The average molecular weight is 263 g/mol. The van der Waals surface area contributed by atoms with E-state index in [0.717, 1.165) is 40.7 Å². The van der Waals surface area contributed by atoms with E-state index in [1.807, 2.05) is 6.07 Å². The minimum absolute atomic E-state index is 0.222. The smallest absolute Gasteiger partial charge is 0.105 e. The van der Waals surface area contributed by atoms with Crippen molar-refractivity contribution in [3.05, 3.63) is 20.8 Å². The maximum atomic E-state index is 6.12. The van der Waals surface area contributed by atoms with E-state index in [1.54, 1.807) is 11.3 Å². The Morgan fingerprint density at radius 2 is 2.06 bits per heavy atom. The standard InChI is InChI=1S/C11H12B2ClNOS/c12-11(13)6-16-10(1-3-15-4-2-10)9-7(11)5-8(14)17-9/h5,15H,1-4,6H2. The first-order chi connectivity index (χ1) is 8.04. The second kappa shape index (κ2) is 4.02. The number of fused-ring (bicyclic) bond motifs is 2. The molecule has 1 saturated heterocycles. The Morgan fingerprint density at radius 3 is 2.76 bits per heavy atom. The zero-order valence-corrected chi connectivity index (χ0v) is 11.0. The zero-order valence-electron chi connectivity index (χ0n) is 9.46. The predicted octanol–water partition coefficient (Wildman–Crippen LogP) is 1.50. The number of nitrogens with one attached hydrogen (secondary N) is 1. The quantitative estimate of drug-likeness (QED) is 0.716. The second-order valence-electron chi connectivity index (χ2n) is 4.87. The third kappa shape index (κ3) is 1.88. The average Bonchev–Trinajstić information content (AvgIpc) is 2.71. The van der Waals surface area contributed by atoms with Crippen LogP contribution < -0.4 is 5.32 Å². The third-order valence-corrected chi connectivity index (χ3v) is 5.07. The Labute approximate surface area is 113 Å². The first kappa shape index (κ1) is 12.1. The van der Waals surface area contributed by atoms with E-state index in [9.17, 15) is 0 Å². The van der Waals surface area contributed by atoms with Crippen LogP contribution in [0, 0.1) is 0 Å². The molecule has 1 N–H and O–H groups in total. The van der Waals surface area contributed by atoms with Gasteiger partial charge in [0.05, 0.1) is 20.0 Å². The molecule has 0 aliphatic carbocycles. The van der Waals surface area contributed by atoms with E-state index < -0.39 is 5.21 Å². The van der Waals surface area contributed by atoms with Crippen molar-refractivity contribution in [2.75, 3.05) is 19.7 Å². The first-order valence-corrected chi connectivity index (χ1v) is 6.96. The van der Waals surface area contributed by atoms with Gasteiger partial charge >= 0.3 is 0 Å². The van der Waals surface area contributed by atoms with Crippen molar-refractivity contribution < 1.29 is 4.74 Å². The predicted molar refractivity (Wildman–Crippen MR) is 72.2 cm³/mol. The maximum absolute atomic E-state index is 6.12. The summed E-state index contributed by atoms with van der Waals surface area (Å²) >= 11 is 7.67. The van der Waals surface area contributed by atoms with Crippen molar-refractivity contribution in [3.8, 4) is 0 Å². The highest BCUT2D eigenvalue weighted by Crippen LogP contribution is 2.49. The summed E-state index contributed by atoms with van der Waals surface area (Å²) in [5, 5.41) is 2.44. The van der Waals surface area contributed by atoms with Gasteiger partial charge in [0.25, 0.3) is 0 Å². The van der Waals surface area contributed by atoms with Gasteiger partial charge in [-0.3, -0.25) is 0 Å². The lowest BCUT2D eigenvalue weighted by molar-refractivity contribution is -0.0832. The minimum atomic E-state index is -0.908. The molecule has 1 aromatic heterocycles. The highest BCUT2D eigenvalue weighted by molar-refractivity contribution is 7.16. The Hall–Kier alpha value is 0.0399. The van der Waals surface area contributed by atoms with Crippen LogP contribution in [0.15, 0.2) is 6.07 Å². The molecular weight excluding hydrogens is 251 g/mol. The third-order valence-electron chi connectivity index (χ3n) is 3.62. The lowest BCUT2D eigenvalue weighted by Gasteiger charge is -2.46. The number of rotatable bonds is 0. The highest BCUT2D eigenvalue weighted by atomic mass is 35.5. The van der Waals surface area contributed by atoms with Crippen LogP contribution in [0.25, 0.3) is 0 Å². The largest absolute Gasteiger partial charge is 0.370 e. The summed E-state index contributed by atoms with van der Waals surface area (Å²) in [5.41, 5.74) is 0.737. The van der Waals surface area contributed by atoms with Crippen LogP contribution >= 0.6 is 22.9 Å². The monoisotopic (exact) mass is 263 g/mol. The lowest BCUT2D eigenvalue weighted by atomic mass is 9.50.